The summed E-state index contributed by atoms with van der Waals surface area (Å²) in [7, 11) is 1.25. The first kappa shape index (κ1) is 20.1. The molecule has 10 heteroatoms. The fourth-order valence-corrected chi connectivity index (χ4v) is 2.22. The number of benzene rings is 1. The van der Waals surface area contributed by atoms with Gasteiger partial charge in [0.05, 0.1) is 25.7 Å². The lowest BCUT2D eigenvalue weighted by Gasteiger charge is -2.35. The normalized spacial score (nSPS) is 13.4. The number of anilines is 1. The maximum absolute atomic E-state index is 14.0. The van der Waals surface area contributed by atoms with Gasteiger partial charge in [0.2, 0.25) is 0 Å². The lowest BCUT2D eigenvalue weighted by Crippen LogP contribution is -2.69. The van der Waals surface area contributed by atoms with E-state index in [1.54, 1.807) is 5.32 Å². The van der Waals surface area contributed by atoms with E-state index in [0.29, 0.717) is 0 Å². The number of halogens is 3. The summed E-state index contributed by atoms with van der Waals surface area (Å²) in [5.74, 6) is -3.37. The molecule has 0 saturated heterocycles. The molecule has 1 atom stereocenters. The van der Waals surface area contributed by atoms with Crippen molar-refractivity contribution in [1.82, 2.24) is 5.32 Å². The van der Waals surface area contributed by atoms with Gasteiger partial charge in [-0.1, -0.05) is 12.1 Å². The molecular formula is C17H17F3N2O5. The molecule has 27 heavy (non-hydrogen) atoms. The maximum atomic E-state index is 14.0. The van der Waals surface area contributed by atoms with Crippen molar-refractivity contribution in [2.24, 2.45) is 0 Å². The van der Waals surface area contributed by atoms with Gasteiger partial charge in [0.25, 0.3) is 5.91 Å². The molecule has 0 aliphatic carbocycles. The van der Waals surface area contributed by atoms with Crippen LogP contribution in [0.15, 0.2) is 47.1 Å². The van der Waals surface area contributed by atoms with Crippen LogP contribution in [-0.2, 0) is 9.53 Å². The average Bonchev–Trinajstić information content (AvgIpc) is 3.15. The monoisotopic (exact) mass is 386 g/mol. The minimum Gasteiger partial charge on any atom is -0.495 e. The average molecular weight is 386 g/mol. The third-order valence-corrected chi connectivity index (χ3v) is 3.48. The highest BCUT2D eigenvalue weighted by atomic mass is 19.4. The Bertz CT molecular complexity index is 792. The Hall–Kier alpha value is -3.17. The van der Waals surface area contributed by atoms with E-state index in [9.17, 15) is 22.8 Å². The molecule has 0 spiro atoms. The first-order valence-electron chi connectivity index (χ1n) is 7.76. The fourth-order valence-electron chi connectivity index (χ4n) is 2.22. The second kappa shape index (κ2) is 8.02. The molecule has 2 aromatic rings. The number of rotatable bonds is 7. The number of methoxy groups -OCH3 is 1. The summed E-state index contributed by atoms with van der Waals surface area (Å²) in [6, 6.07) is 8.10. The largest absolute Gasteiger partial charge is 0.495 e. The Labute approximate surface area is 152 Å². The van der Waals surface area contributed by atoms with E-state index < -0.39 is 29.5 Å². The van der Waals surface area contributed by atoms with Crippen molar-refractivity contribution < 1.29 is 36.7 Å². The Morgan fingerprint density at radius 2 is 1.85 bits per heavy atom. The molecule has 1 aromatic heterocycles. The Balaban J connectivity index is 2.53. The van der Waals surface area contributed by atoms with E-state index >= 15 is 0 Å². The molecule has 7 nitrogen and oxygen atoms in total. The van der Waals surface area contributed by atoms with Crippen LogP contribution in [0.4, 0.5) is 18.9 Å². The Morgan fingerprint density at radius 1 is 1.15 bits per heavy atom. The van der Waals surface area contributed by atoms with Gasteiger partial charge in [0.15, 0.2) is 5.76 Å². The van der Waals surface area contributed by atoms with E-state index in [0.717, 1.165) is 12.3 Å². The van der Waals surface area contributed by atoms with Crippen molar-refractivity contribution in [1.29, 1.82) is 0 Å². The van der Waals surface area contributed by atoms with Gasteiger partial charge < -0.3 is 24.5 Å². The standard InChI is InChI=1S/C17H17F3N2O5/c1-3-26-15(24)16(17(18,19)20,22-14(23)13-9-6-10-27-13)21-11-7-4-5-8-12(11)25-2/h4-10,21H,3H2,1-2H3,(H,22,23)/t16-/m1/s1. The number of carbonyl (C=O) groups excluding carboxylic acids is 2. The summed E-state index contributed by atoms with van der Waals surface area (Å²) in [5.41, 5.74) is -3.74. The zero-order valence-corrected chi connectivity index (χ0v) is 14.4. The molecular weight excluding hydrogens is 369 g/mol. The number of hydrogen-bond acceptors (Lipinski definition) is 6. The highest BCUT2D eigenvalue weighted by molar-refractivity contribution is 5.98. The minimum absolute atomic E-state index is 0.0303. The van der Waals surface area contributed by atoms with Gasteiger partial charge in [-0.3, -0.25) is 4.79 Å². The predicted molar refractivity (Wildman–Crippen MR) is 88.2 cm³/mol. The first-order chi connectivity index (χ1) is 12.7. The molecule has 0 aliphatic heterocycles. The number of esters is 1. The molecule has 0 aliphatic rings. The molecule has 2 N–H and O–H groups in total. The van der Waals surface area contributed by atoms with Gasteiger partial charge in [-0.15, -0.1) is 0 Å². The summed E-state index contributed by atoms with van der Waals surface area (Å²) < 4.78 is 56.5. The van der Waals surface area contributed by atoms with E-state index in [1.807, 2.05) is 5.32 Å². The van der Waals surface area contributed by atoms with Gasteiger partial charge in [-0.2, -0.15) is 13.2 Å². The molecule has 0 unspecified atom stereocenters. The van der Waals surface area contributed by atoms with Crippen molar-refractivity contribution in [3.05, 3.63) is 48.4 Å². The maximum Gasteiger partial charge on any atom is 0.441 e. The summed E-state index contributed by atoms with van der Waals surface area (Å²) in [6.07, 6.45) is -4.15. The lowest BCUT2D eigenvalue weighted by molar-refractivity contribution is -0.204. The van der Waals surface area contributed by atoms with Crippen molar-refractivity contribution in [2.45, 2.75) is 18.8 Å². The zero-order chi connectivity index (χ0) is 20.1. The highest BCUT2D eigenvalue weighted by Crippen LogP contribution is 2.36. The van der Waals surface area contributed by atoms with Gasteiger partial charge in [0.1, 0.15) is 5.75 Å². The van der Waals surface area contributed by atoms with Gasteiger partial charge in [0, 0.05) is 0 Å². The van der Waals surface area contributed by atoms with Crippen LogP contribution >= 0.6 is 0 Å². The van der Waals surface area contributed by atoms with E-state index in [-0.39, 0.29) is 18.0 Å². The third kappa shape index (κ3) is 4.15. The topological polar surface area (TPSA) is 89.8 Å². The quantitative estimate of drug-likeness (QED) is 0.562. The van der Waals surface area contributed by atoms with Crippen LogP contribution in [0.2, 0.25) is 0 Å². The van der Waals surface area contributed by atoms with Crippen LogP contribution < -0.4 is 15.4 Å². The van der Waals surface area contributed by atoms with Crippen molar-refractivity contribution in [3.8, 4) is 5.75 Å². The van der Waals surface area contributed by atoms with Crippen molar-refractivity contribution in [2.75, 3.05) is 19.0 Å². The number of carbonyl (C=O) groups is 2. The molecule has 1 heterocycles. The van der Waals surface area contributed by atoms with Gasteiger partial charge in [-0.25, -0.2) is 4.79 Å². The number of amides is 1. The van der Waals surface area contributed by atoms with Gasteiger partial charge >= 0.3 is 17.8 Å². The van der Waals surface area contributed by atoms with E-state index in [4.69, 9.17) is 9.15 Å². The summed E-state index contributed by atoms with van der Waals surface area (Å²) >= 11 is 0. The van der Waals surface area contributed by atoms with Crippen LogP contribution in [0, 0.1) is 0 Å². The number of hydrogen-bond donors (Lipinski definition) is 2. The van der Waals surface area contributed by atoms with Crippen LogP contribution in [0.1, 0.15) is 17.5 Å². The van der Waals surface area contributed by atoms with Crippen LogP contribution in [-0.4, -0.2) is 37.4 Å². The van der Waals surface area contributed by atoms with Crippen LogP contribution in [0.5, 0.6) is 5.75 Å². The number of alkyl halides is 3. The van der Waals surface area contributed by atoms with E-state index in [1.165, 1.54) is 44.4 Å². The predicted octanol–water partition coefficient (Wildman–Crippen LogP) is 2.95. The zero-order valence-electron chi connectivity index (χ0n) is 14.4. The smallest absolute Gasteiger partial charge is 0.441 e. The molecule has 1 aromatic carbocycles. The van der Waals surface area contributed by atoms with Crippen molar-refractivity contribution in [3.63, 3.8) is 0 Å². The second-order valence-corrected chi connectivity index (χ2v) is 5.22. The molecule has 2 rings (SSSR count). The molecule has 0 saturated carbocycles. The van der Waals surface area contributed by atoms with Crippen molar-refractivity contribution >= 4 is 17.6 Å². The first-order valence-corrected chi connectivity index (χ1v) is 7.76. The SMILES string of the molecule is CCOC(=O)[C@](NC(=O)c1ccco1)(Nc1ccccc1OC)C(F)(F)F. The van der Waals surface area contributed by atoms with E-state index in [2.05, 4.69) is 4.74 Å². The molecule has 146 valence electrons. The lowest BCUT2D eigenvalue weighted by atomic mass is 10.1. The summed E-state index contributed by atoms with van der Waals surface area (Å²) in [5, 5.41) is 3.69. The molecule has 1 amide bonds. The molecule has 0 radical (unpaired) electrons. The number of nitrogens with one attached hydrogen (secondary N) is 2. The fraction of sp³-hybridized carbons (Fsp3) is 0.294. The molecule has 0 bridgehead atoms. The Morgan fingerprint density at radius 3 is 2.41 bits per heavy atom. The summed E-state index contributed by atoms with van der Waals surface area (Å²) in [6.45, 7) is 1.01. The molecule has 0 fully saturated rings. The minimum atomic E-state index is -5.26. The Kier molecular flexibility index (Phi) is 5.98. The highest BCUT2D eigenvalue weighted by Gasteiger charge is 2.64. The number of ether oxygens (including phenoxy) is 2. The summed E-state index contributed by atoms with van der Waals surface area (Å²) in [4.78, 5) is 24.6. The van der Waals surface area contributed by atoms with Crippen LogP contribution in [0.3, 0.4) is 0 Å². The number of para-hydroxylation sites is 2. The van der Waals surface area contributed by atoms with Gasteiger partial charge in [-0.05, 0) is 31.2 Å². The van der Waals surface area contributed by atoms with Crippen LogP contribution in [0.25, 0.3) is 0 Å². The number of furan rings is 1. The second-order valence-electron chi connectivity index (χ2n) is 5.22. The third-order valence-electron chi connectivity index (χ3n) is 3.48.